The number of hydrogen-bond donors (Lipinski definition) is 1. The lowest BCUT2D eigenvalue weighted by atomic mass is 9.80. The number of carbonyl (C=O) groups excluding carboxylic acids is 1. The average molecular weight is 297 g/mol. The summed E-state index contributed by atoms with van der Waals surface area (Å²) in [5.41, 5.74) is -0.00392. The van der Waals surface area contributed by atoms with Crippen molar-refractivity contribution >= 4 is 6.09 Å². The molecule has 0 unspecified atom stereocenters. The van der Waals surface area contributed by atoms with Crippen LogP contribution in [-0.2, 0) is 4.74 Å². The quantitative estimate of drug-likeness (QED) is 0.864. The highest BCUT2D eigenvalue weighted by atomic mass is 16.6. The molecular formula is C16H31N3O2. The van der Waals surface area contributed by atoms with Gasteiger partial charge < -0.3 is 19.9 Å². The van der Waals surface area contributed by atoms with Gasteiger partial charge in [-0.25, -0.2) is 4.79 Å². The molecule has 0 aliphatic carbocycles. The van der Waals surface area contributed by atoms with Crippen molar-refractivity contribution in [3.05, 3.63) is 0 Å². The second-order valence-corrected chi connectivity index (χ2v) is 8.08. The molecule has 5 nitrogen and oxygen atoms in total. The minimum Gasteiger partial charge on any atom is -0.444 e. The van der Waals surface area contributed by atoms with E-state index in [1.165, 1.54) is 25.9 Å². The Bertz CT molecular complexity index is 364. The van der Waals surface area contributed by atoms with Crippen molar-refractivity contribution in [2.45, 2.75) is 52.2 Å². The molecule has 0 aromatic carbocycles. The third-order valence-electron chi connectivity index (χ3n) is 4.54. The van der Waals surface area contributed by atoms with Crippen LogP contribution < -0.4 is 5.32 Å². The SMILES string of the molecule is CN1CCC(C)(CNC2CN(C(=O)OC(C)(C)C)C2)CC1. The maximum atomic E-state index is 11.9. The molecule has 0 atom stereocenters. The molecule has 21 heavy (non-hydrogen) atoms. The molecule has 2 heterocycles. The summed E-state index contributed by atoms with van der Waals surface area (Å²) in [6.07, 6.45) is 2.31. The summed E-state index contributed by atoms with van der Waals surface area (Å²) in [5.74, 6) is 0. The fourth-order valence-electron chi connectivity index (χ4n) is 2.81. The standard InChI is InChI=1S/C16H31N3O2/c1-15(2,3)21-14(20)19-10-13(11-19)17-12-16(4)6-8-18(5)9-7-16/h13,17H,6-12H2,1-5H3. The van der Waals surface area contributed by atoms with Gasteiger partial charge in [0.2, 0.25) is 0 Å². The van der Waals surface area contributed by atoms with Gasteiger partial charge in [0, 0.05) is 25.7 Å². The van der Waals surface area contributed by atoms with Crippen LogP contribution in [0.2, 0.25) is 0 Å². The summed E-state index contributed by atoms with van der Waals surface area (Å²) >= 11 is 0. The Morgan fingerprint density at radius 2 is 1.86 bits per heavy atom. The fourth-order valence-corrected chi connectivity index (χ4v) is 2.81. The second-order valence-electron chi connectivity index (χ2n) is 8.08. The van der Waals surface area contributed by atoms with Gasteiger partial charge in [0.1, 0.15) is 5.60 Å². The molecule has 1 N–H and O–H groups in total. The minimum absolute atomic E-state index is 0.189. The van der Waals surface area contributed by atoms with E-state index in [4.69, 9.17) is 4.74 Å². The Morgan fingerprint density at radius 1 is 1.29 bits per heavy atom. The summed E-state index contributed by atoms with van der Waals surface area (Å²) < 4.78 is 5.37. The van der Waals surface area contributed by atoms with Gasteiger partial charge in [-0.3, -0.25) is 0 Å². The zero-order valence-electron chi connectivity index (χ0n) is 14.2. The summed E-state index contributed by atoms with van der Waals surface area (Å²) in [4.78, 5) is 16.0. The molecule has 2 aliphatic heterocycles. The number of ether oxygens (including phenoxy) is 1. The number of likely N-dealkylation sites (tertiary alicyclic amines) is 2. The lowest BCUT2D eigenvalue weighted by Crippen LogP contribution is -2.62. The third kappa shape index (κ3) is 4.85. The van der Waals surface area contributed by atoms with E-state index in [2.05, 4.69) is 24.2 Å². The summed E-state index contributed by atoms with van der Waals surface area (Å²) in [6.45, 7) is 13.0. The molecule has 0 aromatic heterocycles. The van der Waals surface area contributed by atoms with Crippen LogP contribution in [0.3, 0.4) is 0 Å². The van der Waals surface area contributed by atoms with Crippen molar-refractivity contribution in [3.63, 3.8) is 0 Å². The molecule has 1 amide bonds. The molecule has 2 aliphatic rings. The van der Waals surface area contributed by atoms with E-state index in [0.717, 1.165) is 19.6 Å². The lowest BCUT2D eigenvalue weighted by Gasteiger charge is -2.43. The van der Waals surface area contributed by atoms with Crippen LogP contribution in [0.4, 0.5) is 4.79 Å². The third-order valence-corrected chi connectivity index (χ3v) is 4.54. The van der Waals surface area contributed by atoms with Crippen LogP contribution in [0.15, 0.2) is 0 Å². The first-order valence-electron chi connectivity index (χ1n) is 8.07. The molecule has 122 valence electrons. The van der Waals surface area contributed by atoms with Gasteiger partial charge in [-0.2, -0.15) is 0 Å². The van der Waals surface area contributed by atoms with Gasteiger partial charge in [0.15, 0.2) is 0 Å². The normalized spacial score (nSPS) is 23.8. The Hall–Kier alpha value is -0.810. The number of piperidine rings is 1. The first-order valence-corrected chi connectivity index (χ1v) is 8.07. The molecule has 0 bridgehead atoms. The molecule has 0 saturated carbocycles. The minimum atomic E-state index is -0.406. The summed E-state index contributed by atoms with van der Waals surface area (Å²) in [5, 5.41) is 3.62. The predicted octanol–water partition coefficient (Wildman–Crippen LogP) is 1.93. The highest BCUT2D eigenvalue weighted by Crippen LogP contribution is 2.29. The average Bonchev–Trinajstić information content (AvgIpc) is 2.29. The first kappa shape index (κ1) is 16.6. The molecule has 0 spiro atoms. The first-order chi connectivity index (χ1) is 9.67. The summed E-state index contributed by atoms with van der Waals surface area (Å²) in [6, 6.07) is 0.425. The maximum absolute atomic E-state index is 11.9. The smallest absolute Gasteiger partial charge is 0.410 e. The molecule has 2 saturated heterocycles. The number of amides is 1. The van der Waals surface area contributed by atoms with Gasteiger partial charge in [-0.1, -0.05) is 6.92 Å². The van der Waals surface area contributed by atoms with Crippen LogP contribution in [0.5, 0.6) is 0 Å². The number of carbonyl (C=O) groups is 1. The van der Waals surface area contributed by atoms with Gasteiger partial charge >= 0.3 is 6.09 Å². The highest BCUT2D eigenvalue weighted by molar-refractivity contribution is 5.69. The molecule has 0 aromatic rings. The molecule has 2 rings (SSSR count). The van der Waals surface area contributed by atoms with E-state index < -0.39 is 5.60 Å². The van der Waals surface area contributed by atoms with Gasteiger partial charge in [-0.15, -0.1) is 0 Å². The van der Waals surface area contributed by atoms with Crippen molar-refractivity contribution in [2.24, 2.45) is 5.41 Å². The van der Waals surface area contributed by atoms with E-state index >= 15 is 0 Å². The number of hydrogen-bond acceptors (Lipinski definition) is 4. The largest absolute Gasteiger partial charge is 0.444 e. The van der Waals surface area contributed by atoms with E-state index in [0.29, 0.717) is 11.5 Å². The van der Waals surface area contributed by atoms with Gasteiger partial charge in [-0.05, 0) is 59.2 Å². The maximum Gasteiger partial charge on any atom is 0.410 e. The molecule has 2 fully saturated rings. The molecular weight excluding hydrogens is 266 g/mol. The highest BCUT2D eigenvalue weighted by Gasteiger charge is 2.35. The van der Waals surface area contributed by atoms with E-state index in [1.54, 1.807) is 4.90 Å². The molecule has 5 heteroatoms. The number of nitrogens with zero attached hydrogens (tertiary/aromatic N) is 2. The number of nitrogens with one attached hydrogen (secondary N) is 1. The Labute approximate surface area is 129 Å². The van der Waals surface area contributed by atoms with E-state index in [9.17, 15) is 4.79 Å². The Balaban J connectivity index is 1.66. The number of rotatable bonds is 3. The second kappa shape index (κ2) is 6.13. The van der Waals surface area contributed by atoms with Crippen LogP contribution >= 0.6 is 0 Å². The van der Waals surface area contributed by atoms with Crippen LogP contribution in [0.1, 0.15) is 40.5 Å². The van der Waals surface area contributed by atoms with Crippen molar-refractivity contribution < 1.29 is 9.53 Å². The van der Waals surface area contributed by atoms with Crippen LogP contribution in [-0.4, -0.2) is 67.3 Å². The van der Waals surface area contributed by atoms with Gasteiger partial charge in [0.25, 0.3) is 0 Å². The zero-order valence-corrected chi connectivity index (χ0v) is 14.2. The van der Waals surface area contributed by atoms with Crippen molar-refractivity contribution in [2.75, 3.05) is 39.8 Å². The zero-order chi connectivity index (χ0) is 15.7. The van der Waals surface area contributed by atoms with E-state index in [-0.39, 0.29) is 6.09 Å². The topological polar surface area (TPSA) is 44.8 Å². The van der Waals surface area contributed by atoms with Crippen molar-refractivity contribution in [3.8, 4) is 0 Å². The Morgan fingerprint density at radius 3 is 2.38 bits per heavy atom. The van der Waals surface area contributed by atoms with Crippen molar-refractivity contribution in [1.29, 1.82) is 0 Å². The monoisotopic (exact) mass is 297 g/mol. The summed E-state index contributed by atoms with van der Waals surface area (Å²) in [7, 11) is 2.19. The predicted molar refractivity (Wildman–Crippen MR) is 84.4 cm³/mol. The Kier molecular flexibility index (Phi) is 4.83. The van der Waals surface area contributed by atoms with Crippen LogP contribution in [0, 0.1) is 5.41 Å². The lowest BCUT2D eigenvalue weighted by molar-refractivity contribution is 0.00361. The molecule has 0 radical (unpaired) electrons. The van der Waals surface area contributed by atoms with Crippen LogP contribution in [0.25, 0.3) is 0 Å². The van der Waals surface area contributed by atoms with Gasteiger partial charge in [0.05, 0.1) is 0 Å². The van der Waals surface area contributed by atoms with Crippen molar-refractivity contribution in [1.82, 2.24) is 15.1 Å². The van der Waals surface area contributed by atoms with E-state index in [1.807, 2.05) is 20.8 Å². The fraction of sp³-hybridized carbons (Fsp3) is 0.938.